The van der Waals surface area contributed by atoms with E-state index in [1.165, 1.54) is 14.0 Å². The largest absolute Gasteiger partial charge is 0.480 e. The lowest BCUT2D eigenvalue weighted by Crippen LogP contribution is -2.45. The standard InChI is InChI=1S/C21H22N2O5/c1-13(20(25)26)23(2)19(24)11-22-21(27)28-12-18-16-9-5-3-7-14(16)15-8-4-6-10-17(15)18/h3-10,13,18H,11-12H2,1-2H3,(H,22,27)(H,25,26)/t13-/m0/s1. The van der Waals surface area contributed by atoms with Crippen molar-refractivity contribution in [1.82, 2.24) is 10.2 Å². The molecule has 0 saturated carbocycles. The number of rotatable bonds is 6. The maximum Gasteiger partial charge on any atom is 0.407 e. The van der Waals surface area contributed by atoms with Gasteiger partial charge < -0.3 is 20.1 Å². The summed E-state index contributed by atoms with van der Waals surface area (Å²) in [7, 11) is 1.38. The highest BCUT2D eigenvalue weighted by atomic mass is 16.5. The first-order chi connectivity index (χ1) is 13.4. The molecule has 2 aromatic rings. The van der Waals surface area contributed by atoms with Gasteiger partial charge in [-0.2, -0.15) is 0 Å². The number of likely N-dealkylation sites (N-methyl/N-ethyl adjacent to an activating group) is 1. The molecule has 0 saturated heterocycles. The van der Waals surface area contributed by atoms with Gasteiger partial charge in [0, 0.05) is 13.0 Å². The van der Waals surface area contributed by atoms with Crippen LogP contribution in [0.5, 0.6) is 0 Å². The molecule has 0 heterocycles. The smallest absolute Gasteiger partial charge is 0.407 e. The Morgan fingerprint density at radius 2 is 1.61 bits per heavy atom. The van der Waals surface area contributed by atoms with Crippen LogP contribution < -0.4 is 5.32 Å². The third-order valence-electron chi connectivity index (χ3n) is 5.06. The maximum atomic E-state index is 12.0. The van der Waals surface area contributed by atoms with Crippen LogP contribution in [0.4, 0.5) is 4.79 Å². The van der Waals surface area contributed by atoms with Crippen molar-refractivity contribution in [3.63, 3.8) is 0 Å². The summed E-state index contributed by atoms with van der Waals surface area (Å²) in [6, 6.07) is 15.0. The molecule has 1 atom stereocenters. The highest BCUT2D eigenvalue weighted by Crippen LogP contribution is 2.44. The van der Waals surface area contributed by atoms with Crippen molar-refractivity contribution in [3.05, 3.63) is 59.7 Å². The number of benzene rings is 2. The Morgan fingerprint density at radius 1 is 1.07 bits per heavy atom. The van der Waals surface area contributed by atoms with Gasteiger partial charge in [-0.3, -0.25) is 4.79 Å². The summed E-state index contributed by atoms with van der Waals surface area (Å²) in [4.78, 5) is 36.0. The summed E-state index contributed by atoms with van der Waals surface area (Å²) in [5.41, 5.74) is 4.46. The number of carbonyl (C=O) groups excluding carboxylic acids is 2. The van der Waals surface area contributed by atoms with Gasteiger partial charge in [-0.15, -0.1) is 0 Å². The molecular formula is C21H22N2O5. The predicted octanol–water partition coefficient (Wildman–Crippen LogP) is 2.46. The lowest BCUT2D eigenvalue weighted by molar-refractivity contribution is -0.147. The number of hydrogen-bond acceptors (Lipinski definition) is 4. The Kier molecular flexibility index (Phi) is 5.63. The Hall–Kier alpha value is -3.35. The van der Waals surface area contributed by atoms with Gasteiger partial charge in [0.05, 0.1) is 0 Å². The van der Waals surface area contributed by atoms with Gasteiger partial charge in [-0.25, -0.2) is 9.59 Å². The van der Waals surface area contributed by atoms with Crippen LogP contribution in [-0.4, -0.2) is 54.2 Å². The van der Waals surface area contributed by atoms with E-state index in [4.69, 9.17) is 9.84 Å². The second-order valence-electron chi connectivity index (χ2n) is 6.70. The highest BCUT2D eigenvalue weighted by Gasteiger charge is 2.29. The van der Waals surface area contributed by atoms with Gasteiger partial charge in [-0.1, -0.05) is 48.5 Å². The van der Waals surface area contributed by atoms with Crippen LogP contribution in [0, 0.1) is 0 Å². The molecule has 3 rings (SSSR count). The number of carbonyl (C=O) groups is 3. The summed E-state index contributed by atoms with van der Waals surface area (Å²) >= 11 is 0. The van der Waals surface area contributed by atoms with E-state index in [9.17, 15) is 14.4 Å². The molecule has 146 valence electrons. The number of carboxylic acids is 1. The van der Waals surface area contributed by atoms with Crippen molar-refractivity contribution in [2.75, 3.05) is 20.2 Å². The molecule has 0 spiro atoms. The Labute approximate surface area is 162 Å². The molecule has 2 N–H and O–H groups in total. The molecule has 2 aromatic carbocycles. The summed E-state index contributed by atoms with van der Waals surface area (Å²) in [5, 5.41) is 11.3. The number of ether oxygens (including phenoxy) is 1. The first kappa shape index (κ1) is 19.4. The predicted molar refractivity (Wildman–Crippen MR) is 103 cm³/mol. The lowest BCUT2D eigenvalue weighted by Gasteiger charge is -2.21. The number of hydrogen-bond donors (Lipinski definition) is 2. The van der Waals surface area contributed by atoms with E-state index in [2.05, 4.69) is 5.32 Å². The van der Waals surface area contributed by atoms with E-state index in [1.807, 2.05) is 48.5 Å². The number of nitrogens with zero attached hydrogens (tertiary/aromatic N) is 1. The molecule has 0 unspecified atom stereocenters. The number of nitrogens with one attached hydrogen (secondary N) is 1. The van der Waals surface area contributed by atoms with Gasteiger partial charge in [0.2, 0.25) is 5.91 Å². The average molecular weight is 382 g/mol. The van der Waals surface area contributed by atoms with Crippen molar-refractivity contribution in [1.29, 1.82) is 0 Å². The molecule has 1 aliphatic rings. The monoisotopic (exact) mass is 382 g/mol. The number of carboxylic acid groups (broad SMARTS) is 1. The quantitative estimate of drug-likeness (QED) is 0.800. The van der Waals surface area contributed by atoms with Crippen LogP contribution in [0.25, 0.3) is 11.1 Å². The fourth-order valence-corrected chi connectivity index (χ4v) is 3.30. The van der Waals surface area contributed by atoms with Crippen LogP contribution in [0.2, 0.25) is 0 Å². The zero-order valence-electron chi connectivity index (χ0n) is 15.7. The summed E-state index contributed by atoms with van der Waals surface area (Å²) in [5.74, 6) is -1.69. The maximum absolute atomic E-state index is 12.0. The second kappa shape index (κ2) is 8.12. The van der Waals surface area contributed by atoms with Crippen molar-refractivity contribution in [2.24, 2.45) is 0 Å². The molecule has 28 heavy (non-hydrogen) atoms. The van der Waals surface area contributed by atoms with Gasteiger partial charge in [0.25, 0.3) is 0 Å². The third kappa shape index (κ3) is 3.83. The zero-order chi connectivity index (χ0) is 20.3. The minimum Gasteiger partial charge on any atom is -0.480 e. The molecule has 7 nitrogen and oxygen atoms in total. The minimum absolute atomic E-state index is 0.0662. The van der Waals surface area contributed by atoms with Crippen molar-refractivity contribution in [3.8, 4) is 11.1 Å². The lowest BCUT2D eigenvalue weighted by atomic mass is 9.98. The van der Waals surface area contributed by atoms with E-state index in [-0.39, 0.29) is 19.1 Å². The molecule has 1 aliphatic carbocycles. The SMILES string of the molecule is C[C@@H](C(=O)O)N(C)C(=O)CNC(=O)OCC1c2ccccc2-c2ccccc21. The second-order valence-corrected chi connectivity index (χ2v) is 6.70. The highest BCUT2D eigenvalue weighted by molar-refractivity contribution is 5.86. The molecule has 0 aliphatic heterocycles. The van der Waals surface area contributed by atoms with Gasteiger partial charge >= 0.3 is 12.1 Å². The van der Waals surface area contributed by atoms with Crippen LogP contribution in [-0.2, 0) is 14.3 Å². The molecule has 7 heteroatoms. The fourth-order valence-electron chi connectivity index (χ4n) is 3.30. The van der Waals surface area contributed by atoms with Gasteiger partial charge in [0.15, 0.2) is 0 Å². The van der Waals surface area contributed by atoms with E-state index < -0.39 is 24.0 Å². The number of amides is 2. The topological polar surface area (TPSA) is 95.9 Å². The number of fused-ring (bicyclic) bond motifs is 3. The molecule has 0 bridgehead atoms. The first-order valence-corrected chi connectivity index (χ1v) is 8.97. The third-order valence-corrected chi connectivity index (χ3v) is 5.06. The zero-order valence-corrected chi connectivity index (χ0v) is 15.7. The van der Waals surface area contributed by atoms with E-state index >= 15 is 0 Å². The molecule has 0 fully saturated rings. The van der Waals surface area contributed by atoms with Crippen molar-refractivity contribution >= 4 is 18.0 Å². The van der Waals surface area contributed by atoms with Crippen molar-refractivity contribution < 1.29 is 24.2 Å². The fraction of sp³-hybridized carbons (Fsp3) is 0.286. The van der Waals surface area contributed by atoms with Crippen molar-refractivity contribution in [2.45, 2.75) is 18.9 Å². The molecular weight excluding hydrogens is 360 g/mol. The number of alkyl carbamates (subject to hydrolysis) is 1. The van der Waals surface area contributed by atoms with E-state index in [0.717, 1.165) is 27.2 Å². The Balaban J connectivity index is 1.58. The van der Waals surface area contributed by atoms with Crippen LogP contribution in [0.15, 0.2) is 48.5 Å². The van der Waals surface area contributed by atoms with Crippen LogP contribution in [0.3, 0.4) is 0 Å². The van der Waals surface area contributed by atoms with E-state index in [1.54, 1.807) is 0 Å². The van der Waals surface area contributed by atoms with Gasteiger partial charge in [-0.05, 0) is 29.2 Å². The number of aliphatic carboxylic acids is 1. The first-order valence-electron chi connectivity index (χ1n) is 8.97. The molecule has 0 aromatic heterocycles. The van der Waals surface area contributed by atoms with E-state index in [0.29, 0.717) is 0 Å². The average Bonchev–Trinajstić information content (AvgIpc) is 3.03. The Morgan fingerprint density at radius 3 is 2.14 bits per heavy atom. The summed E-state index contributed by atoms with van der Waals surface area (Å²) in [6.07, 6.45) is -0.716. The van der Waals surface area contributed by atoms with Crippen LogP contribution in [0.1, 0.15) is 24.0 Å². The van der Waals surface area contributed by atoms with Crippen LogP contribution >= 0.6 is 0 Å². The summed E-state index contributed by atoms with van der Waals surface area (Å²) in [6.45, 7) is 1.22. The van der Waals surface area contributed by atoms with Gasteiger partial charge in [0.1, 0.15) is 19.2 Å². The summed E-state index contributed by atoms with van der Waals surface area (Å²) < 4.78 is 5.34. The normalized spacial score (nSPS) is 13.2. The molecule has 0 radical (unpaired) electrons. The molecule has 2 amide bonds. The minimum atomic E-state index is -1.11. The Bertz CT molecular complexity index is 866.